The number of hydrogen-bond donors (Lipinski definition) is 1. The van der Waals surface area contributed by atoms with Crippen molar-refractivity contribution in [3.05, 3.63) is 82.9 Å². The third-order valence-corrected chi connectivity index (χ3v) is 7.53. The molecule has 0 aliphatic carbocycles. The Balaban J connectivity index is 1.48. The average molecular weight is 572 g/mol. The number of halogens is 4. The van der Waals surface area contributed by atoms with Crippen molar-refractivity contribution < 1.29 is 32.2 Å². The Labute approximate surface area is 233 Å². The van der Waals surface area contributed by atoms with E-state index >= 15 is 0 Å². The number of carbonyl (C=O) groups excluding carboxylic acids is 1. The summed E-state index contributed by atoms with van der Waals surface area (Å²) in [6, 6.07) is 11.6. The molecule has 1 N–H and O–H groups in total. The number of aliphatic hydroxyl groups is 1. The van der Waals surface area contributed by atoms with Gasteiger partial charge in [0.1, 0.15) is 17.1 Å². The largest absolute Gasteiger partial charge is 0.497 e. The lowest BCUT2D eigenvalue weighted by Gasteiger charge is -2.43. The lowest BCUT2D eigenvalue weighted by molar-refractivity contribution is -0.143. The second-order valence-corrected chi connectivity index (χ2v) is 10.0. The first-order chi connectivity index (χ1) is 19.5. The van der Waals surface area contributed by atoms with Gasteiger partial charge in [0.2, 0.25) is 0 Å². The number of nitrogens with zero attached hydrogens (tertiary/aromatic N) is 5. The molecule has 2 atom stereocenters. The van der Waals surface area contributed by atoms with E-state index in [1.807, 2.05) is 11.8 Å². The standard InChI is InChI=1S/C29H29F4N5O3/c1-17-15-36(24(16-39)19-4-8-21(30)9-5-19)12-13-37(17)28(40)23-14-34-38-26(29(31,32)33)18(2)25(35-27(23)38)20-6-10-22(41-3)11-7-20/h4-11,14,17,24,39H,12-13,15-16H2,1-3H3/t17-,24?/m1/s1. The second kappa shape index (κ2) is 11.1. The van der Waals surface area contributed by atoms with Gasteiger partial charge in [-0.1, -0.05) is 12.1 Å². The smallest absolute Gasteiger partial charge is 0.433 e. The van der Waals surface area contributed by atoms with Gasteiger partial charge >= 0.3 is 6.18 Å². The Hall–Kier alpha value is -4.03. The topological polar surface area (TPSA) is 83.2 Å². The highest BCUT2D eigenvalue weighted by Crippen LogP contribution is 2.37. The van der Waals surface area contributed by atoms with Crippen LogP contribution in [0.1, 0.15) is 40.1 Å². The van der Waals surface area contributed by atoms with Gasteiger partial charge in [0.25, 0.3) is 5.91 Å². The number of ether oxygens (including phenoxy) is 1. The van der Waals surface area contributed by atoms with Gasteiger partial charge in [0.05, 0.1) is 31.6 Å². The second-order valence-electron chi connectivity index (χ2n) is 10.0. The molecule has 5 rings (SSSR count). The molecule has 0 saturated carbocycles. The van der Waals surface area contributed by atoms with E-state index in [2.05, 4.69) is 10.1 Å². The zero-order chi connectivity index (χ0) is 29.5. The maximum atomic E-state index is 14.3. The normalized spacial score (nSPS) is 17.2. The third kappa shape index (κ3) is 5.36. The van der Waals surface area contributed by atoms with E-state index in [0.29, 0.717) is 28.9 Å². The molecule has 216 valence electrons. The molecule has 1 fully saturated rings. The fourth-order valence-corrected chi connectivity index (χ4v) is 5.43. The minimum Gasteiger partial charge on any atom is -0.497 e. The highest BCUT2D eigenvalue weighted by atomic mass is 19.4. The maximum Gasteiger partial charge on any atom is 0.433 e. The first-order valence-corrected chi connectivity index (χ1v) is 13.0. The summed E-state index contributed by atoms with van der Waals surface area (Å²) in [5.74, 6) is -0.324. The summed E-state index contributed by atoms with van der Waals surface area (Å²) in [4.78, 5) is 21.8. The van der Waals surface area contributed by atoms with E-state index in [1.54, 1.807) is 41.3 Å². The van der Waals surface area contributed by atoms with Crippen molar-refractivity contribution in [1.82, 2.24) is 24.4 Å². The van der Waals surface area contributed by atoms with Crippen molar-refractivity contribution in [2.45, 2.75) is 32.1 Å². The first-order valence-electron chi connectivity index (χ1n) is 13.0. The van der Waals surface area contributed by atoms with Crippen LogP contribution in [-0.2, 0) is 6.18 Å². The number of amides is 1. The van der Waals surface area contributed by atoms with E-state index in [0.717, 1.165) is 11.8 Å². The predicted molar refractivity (Wildman–Crippen MR) is 143 cm³/mol. The maximum absolute atomic E-state index is 14.3. The Morgan fingerprint density at radius 1 is 1.12 bits per heavy atom. The van der Waals surface area contributed by atoms with Crippen LogP contribution in [0.5, 0.6) is 5.75 Å². The molecule has 0 radical (unpaired) electrons. The van der Waals surface area contributed by atoms with Gasteiger partial charge in [-0.2, -0.15) is 18.3 Å². The van der Waals surface area contributed by atoms with Gasteiger partial charge in [-0.15, -0.1) is 0 Å². The lowest BCUT2D eigenvalue weighted by Crippen LogP contribution is -2.55. The summed E-state index contributed by atoms with van der Waals surface area (Å²) in [6.45, 7) is 4.02. The monoisotopic (exact) mass is 571 g/mol. The van der Waals surface area contributed by atoms with Crippen molar-refractivity contribution in [2.24, 2.45) is 0 Å². The quantitative estimate of drug-likeness (QED) is 0.337. The lowest BCUT2D eigenvalue weighted by atomic mass is 10.0. The summed E-state index contributed by atoms with van der Waals surface area (Å²) in [5, 5.41) is 14.0. The molecule has 1 saturated heterocycles. The predicted octanol–water partition coefficient (Wildman–Crippen LogP) is 4.75. The molecule has 4 aromatic rings. The molecule has 12 heteroatoms. The summed E-state index contributed by atoms with van der Waals surface area (Å²) < 4.78 is 62.1. The molecule has 2 aromatic heterocycles. The van der Waals surface area contributed by atoms with Crippen LogP contribution in [0.25, 0.3) is 16.9 Å². The summed E-state index contributed by atoms with van der Waals surface area (Å²) in [5.41, 5.74) is -0.0753. The van der Waals surface area contributed by atoms with Gasteiger partial charge in [-0.25, -0.2) is 13.9 Å². The van der Waals surface area contributed by atoms with Gasteiger partial charge < -0.3 is 14.7 Å². The van der Waals surface area contributed by atoms with Gasteiger partial charge in [-0.05, 0) is 55.8 Å². The Bertz CT molecular complexity index is 1550. The number of benzene rings is 2. The van der Waals surface area contributed by atoms with Crippen molar-refractivity contribution in [1.29, 1.82) is 0 Å². The van der Waals surface area contributed by atoms with Crippen LogP contribution in [0, 0.1) is 12.7 Å². The van der Waals surface area contributed by atoms with E-state index in [9.17, 15) is 27.5 Å². The van der Waals surface area contributed by atoms with Crippen molar-refractivity contribution in [3.8, 4) is 17.0 Å². The Kier molecular flexibility index (Phi) is 7.71. The van der Waals surface area contributed by atoms with Crippen LogP contribution in [0.3, 0.4) is 0 Å². The number of aromatic nitrogens is 3. The molecule has 1 aliphatic rings. The summed E-state index contributed by atoms with van der Waals surface area (Å²) in [6.07, 6.45) is -3.62. The van der Waals surface area contributed by atoms with Crippen LogP contribution in [0.2, 0.25) is 0 Å². The molecule has 3 heterocycles. The van der Waals surface area contributed by atoms with Crippen LogP contribution >= 0.6 is 0 Å². The summed E-state index contributed by atoms with van der Waals surface area (Å²) >= 11 is 0. The molecule has 41 heavy (non-hydrogen) atoms. The minimum atomic E-state index is -4.75. The minimum absolute atomic E-state index is 0.0391. The zero-order valence-corrected chi connectivity index (χ0v) is 22.7. The van der Waals surface area contributed by atoms with E-state index < -0.39 is 23.8 Å². The van der Waals surface area contributed by atoms with Crippen LogP contribution in [0.15, 0.2) is 54.7 Å². The number of piperazine rings is 1. The summed E-state index contributed by atoms with van der Waals surface area (Å²) in [7, 11) is 1.49. The Morgan fingerprint density at radius 3 is 2.39 bits per heavy atom. The van der Waals surface area contributed by atoms with Gasteiger partial charge in [0, 0.05) is 36.8 Å². The Morgan fingerprint density at radius 2 is 1.80 bits per heavy atom. The van der Waals surface area contributed by atoms with Crippen molar-refractivity contribution in [3.63, 3.8) is 0 Å². The molecular weight excluding hydrogens is 542 g/mol. The number of alkyl halides is 3. The molecule has 1 aliphatic heterocycles. The number of hydrogen-bond acceptors (Lipinski definition) is 6. The third-order valence-electron chi connectivity index (χ3n) is 7.53. The van der Waals surface area contributed by atoms with E-state index in [4.69, 9.17) is 4.74 Å². The van der Waals surface area contributed by atoms with Crippen LogP contribution in [-0.4, -0.2) is 74.8 Å². The van der Waals surface area contributed by atoms with Crippen LogP contribution < -0.4 is 4.74 Å². The highest BCUT2D eigenvalue weighted by Gasteiger charge is 2.39. The van der Waals surface area contributed by atoms with E-state index in [-0.39, 0.29) is 47.5 Å². The van der Waals surface area contributed by atoms with Crippen molar-refractivity contribution in [2.75, 3.05) is 33.4 Å². The number of carbonyl (C=O) groups is 1. The molecule has 2 aromatic carbocycles. The fourth-order valence-electron chi connectivity index (χ4n) is 5.43. The molecule has 1 unspecified atom stereocenters. The molecule has 0 bridgehead atoms. The SMILES string of the molecule is COc1ccc(-c2nc3c(C(=O)N4CCN(C(CO)c5ccc(F)cc5)C[C@H]4C)cnn3c(C(F)(F)F)c2C)cc1. The average Bonchev–Trinajstić information content (AvgIpc) is 3.36. The van der Waals surface area contributed by atoms with Gasteiger partial charge in [0.15, 0.2) is 11.3 Å². The van der Waals surface area contributed by atoms with Crippen LogP contribution in [0.4, 0.5) is 17.6 Å². The fraction of sp³-hybridized carbons (Fsp3) is 0.345. The number of methoxy groups -OCH3 is 1. The zero-order valence-electron chi connectivity index (χ0n) is 22.7. The number of aliphatic hydroxyl groups excluding tert-OH is 1. The molecule has 1 amide bonds. The highest BCUT2D eigenvalue weighted by molar-refractivity contribution is 6.00. The number of rotatable bonds is 6. The molecule has 0 spiro atoms. The van der Waals surface area contributed by atoms with E-state index in [1.165, 1.54) is 26.2 Å². The van der Waals surface area contributed by atoms with Crippen molar-refractivity contribution >= 4 is 11.6 Å². The number of fused-ring (bicyclic) bond motifs is 1. The molecular formula is C29H29F4N5O3. The molecule has 8 nitrogen and oxygen atoms in total. The first kappa shape index (κ1) is 28.5. The van der Waals surface area contributed by atoms with Gasteiger partial charge in [-0.3, -0.25) is 9.69 Å².